The lowest BCUT2D eigenvalue weighted by molar-refractivity contribution is -0.140. The zero-order chi connectivity index (χ0) is 27.6. The molecule has 1 saturated heterocycles. The number of benzene rings is 3. The van der Waals surface area contributed by atoms with Crippen molar-refractivity contribution in [3.63, 3.8) is 0 Å². The Balaban J connectivity index is 1.63. The summed E-state index contributed by atoms with van der Waals surface area (Å²) in [6.45, 7) is -0.826. The molecule has 202 valence electrons. The second-order valence-corrected chi connectivity index (χ2v) is 9.17. The van der Waals surface area contributed by atoms with E-state index < -0.39 is 42.2 Å². The topological polar surface area (TPSA) is 106 Å². The van der Waals surface area contributed by atoms with E-state index in [0.29, 0.717) is 10.3 Å². The van der Waals surface area contributed by atoms with Crippen molar-refractivity contribution >= 4 is 5.82 Å². The van der Waals surface area contributed by atoms with Gasteiger partial charge in [-0.3, -0.25) is 4.57 Å². The standard InChI is InChI=1S/C29H27F2N3O5/c1-38-22-14-12-21(13-15-22)28(19-8-4-2-5-9-19,20-10-6-3-7-11-20)33-24-16-17-34(27(37)32-24)26-29(30,31)25(36)23(18-35)39-26/h2-17,23,25-26,35-36H,18H2,1H3,(H,32,33,37)/t23-,25+,26-/m1/s1. The largest absolute Gasteiger partial charge is 0.497 e. The van der Waals surface area contributed by atoms with Gasteiger partial charge in [0.25, 0.3) is 0 Å². The van der Waals surface area contributed by atoms with E-state index in [1.807, 2.05) is 84.9 Å². The zero-order valence-corrected chi connectivity index (χ0v) is 20.9. The highest BCUT2D eigenvalue weighted by Crippen LogP contribution is 2.43. The average molecular weight is 536 g/mol. The van der Waals surface area contributed by atoms with Crippen LogP contribution >= 0.6 is 0 Å². The Kier molecular flexibility index (Phi) is 7.17. The number of anilines is 1. The summed E-state index contributed by atoms with van der Waals surface area (Å²) in [6, 6.07) is 28.0. The van der Waals surface area contributed by atoms with Gasteiger partial charge in [-0.15, -0.1) is 0 Å². The molecule has 8 nitrogen and oxygen atoms in total. The molecule has 1 aliphatic rings. The van der Waals surface area contributed by atoms with Gasteiger partial charge in [0.1, 0.15) is 23.2 Å². The van der Waals surface area contributed by atoms with E-state index in [9.17, 15) is 23.8 Å². The first-order chi connectivity index (χ1) is 18.8. The Morgan fingerprint density at radius 2 is 1.54 bits per heavy atom. The summed E-state index contributed by atoms with van der Waals surface area (Å²) in [6.07, 6.45) is -4.78. The quantitative estimate of drug-likeness (QED) is 0.297. The van der Waals surface area contributed by atoms with Crippen molar-refractivity contribution in [3.05, 3.63) is 124 Å². The number of hydrogen-bond acceptors (Lipinski definition) is 7. The van der Waals surface area contributed by atoms with Crippen LogP contribution in [0.5, 0.6) is 5.75 Å². The molecule has 0 saturated carbocycles. The van der Waals surface area contributed by atoms with E-state index in [1.54, 1.807) is 7.11 Å². The average Bonchev–Trinajstić information content (AvgIpc) is 3.20. The Morgan fingerprint density at radius 1 is 0.974 bits per heavy atom. The third-order valence-electron chi connectivity index (χ3n) is 6.89. The first-order valence-corrected chi connectivity index (χ1v) is 12.3. The van der Waals surface area contributed by atoms with E-state index in [4.69, 9.17) is 9.47 Å². The first kappa shape index (κ1) is 26.5. The van der Waals surface area contributed by atoms with Gasteiger partial charge in [0.15, 0.2) is 6.10 Å². The number of aromatic nitrogens is 2. The third-order valence-corrected chi connectivity index (χ3v) is 6.89. The molecular weight excluding hydrogens is 508 g/mol. The maximum absolute atomic E-state index is 14.7. The fourth-order valence-corrected chi connectivity index (χ4v) is 4.91. The molecule has 1 fully saturated rings. The van der Waals surface area contributed by atoms with Gasteiger partial charge >= 0.3 is 11.6 Å². The van der Waals surface area contributed by atoms with Gasteiger partial charge in [0.2, 0.25) is 6.23 Å². The number of nitrogens with zero attached hydrogens (tertiary/aromatic N) is 2. The predicted octanol–water partition coefficient (Wildman–Crippen LogP) is 3.54. The van der Waals surface area contributed by atoms with Crippen molar-refractivity contribution in [2.75, 3.05) is 19.0 Å². The fourth-order valence-electron chi connectivity index (χ4n) is 4.91. The molecule has 3 atom stereocenters. The zero-order valence-electron chi connectivity index (χ0n) is 20.9. The van der Waals surface area contributed by atoms with Crippen LogP contribution in [0.2, 0.25) is 0 Å². The van der Waals surface area contributed by atoms with Gasteiger partial charge in [-0.05, 0) is 34.9 Å². The van der Waals surface area contributed by atoms with Crippen LogP contribution in [0.25, 0.3) is 0 Å². The van der Waals surface area contributed by atoms with Crippen LogP contribution < -0.4 is 15.7 Å². The number of aliphatic hydroxyl groups excluding tert-OH is 2. The van der Waals surface area contributed by atoms with E-state index in [0.717, 1.165) is 22.9 Å². The summed E-state index contributed by atoms with van der Waals surface area (Å²) in [7, 11) is 1.58. The third kappa shape index (κ3) is 4.67. The normalized spacial score (nSPS) is 20.5. The maximum atomic E-state index is 14.7. The van der Waals surface area contributed by atoms with Crippen LogP contribution in [0, 0.1) is 0 Å². The van der Waals surface area contributed by atoms with E-state index in [1.165, 1.54) is 6.07 Å². The number of nitrogens with one attached hydrogen (secondary N) is 1. The van der Waals surface area contributed by atoms with Crippen LogP contribution in [0.3, 0.4) is 0 Å². The minimum atomic E-state index is -3.81. The molecule has 1 aromatic heterocycles. The van der Waals surface area contributed by atoms with Crippen LogP contribution in [0.4, 0.5) is 14.6 Å². The van der Waals surface area contributed by atoms with E-state index in [-0.39, 0.29) is 5.82 Å². The Morgan fingerprint density at radius 3 is 2.03 bits per heavy atom. The summed E-state index contributed by atoms with van der Waals surface area (Å²) in [5.74, 6) is -3.02. The predicted molar refractivity (Wildman–Crippen MR) is 140 cm³/mol. The van der Waals surface area contributed by atoms with E-state index >= 15 is 0 Å². The fraction of sp³-hybridized carbons (Fsp3) is 0.241. The molecular formula is C29H27F2N3O5. The molecule has 0 spiro atoms. The Bertz CT molecular complexity index is 1430. The van der Waals surface area contributed by atoms with Crippen LogP contribution in [0.1, 0.15) is 22.9 Å². The second-order valence-electron chi connectivity index (χ2n) is 9.17. The van der Waals surface area contributed by atoms with Crippen molar-refractivity contribution in [1.29, 1.82) is 0 Å². The monoisotopic (exact) mass is 535 g/mol. The molecule has 0 amide bonds. The number of aliphatic hydroxyl groups is 2. The minimum absolute atomic E-state index is 0.125. The lowest BCUT2D eigenvalue weighted by Crippen LogP contribution is -2.42. The highest BCUT2D eigenvalue weighted by molar-refractivity contribution is 5.58. The number of hydrogen-bond donors (Lipinski definition) is 3. The lowest BCUT2D eigenvalue weighted by Gasteiger charge is -2.37. The molecule has 10 heteroatoms. The summed E-state index contributed by atoms with van der Waals surface area (Å²) in [5, 5.41) is 22.6. The maximum Gasteiger partial charge on any atom is 0.351 e. The molecule has 4 aromatic rings. The number of ether oxygens (including phenoxy) is 2. The summed E-state index contributed by atoms with van der Waals surface area (Å²) >= 11 is 0. The SMILES string of the molecule is COc1ccc(C(Nc2ccn([C@@H]3O[C@H](CO)[C@H](O)C3(F)F)c(=O)n2)(c2ccccc2)c2ccccc2)cc1. The highest BCUT2D eigenvalue weighted by atomic mass is 19.3. The molecule has 3 aromatic carbocycles. The minimum Gasteiger partial charge on any atom is -0.497 e. The van der Waals surface area contributed by atoms with Crippen molar-refractivity contribution in [2.24, 2.45) is 0 Å². The van der Waals surface area contributed by atoms with Crippen LogP contribution in [0.15, 0.2) is 102 Å². The van der Waals surface area contributed by atoms with Gasteiger partial charge in [0.05, 0.1) is 13.7 Å². The number of rotatable bonds is 8. The molecule has 0 aliphatic carbocycles. The number of methoxy groups -OCH3 is 1. The number of halogens is 2. The lowest BCUT2D eigenvalue weighted by atomic mass is 9.77. The smallest absolute Gasteiger partial charge is 0.351 e. The van der Waals surface area contributed by atoms with Gasteiger partial charge < -0.3 is 25.0 Å². The molecule has 0 unspecified atom stereocenters. The highest BCUT2D eigenvalue weighted by Gasteiger charge is 2.59. The Hall–Kier alpha value is -4.12. The molecule has 0 bridgehead atoms. The summed E-state index contributed by atoms with van der Waals surface area (Å²) in [4.78, 5) is 17.1. The van der Waals surface area contributed by atoms with Crippen molar-refractivity contribution < 1.29 is 28.5 Å². The van der Waals surface area contributed by atoms with Crippen molar-refractivity contribution in [3.8, 4) is 5.75 Å². The van der Waals surface area contributed by atoms with Gasteiger partial charge in [-0.25, -0.2) is 4.79 Å². The van der Waals surface area contributed by atoms with Gasteiger partial charge in [0, 0.05) is 6.20 Å². The van der Waals surface area contributed by atoms with Gasteiger partial charge in [-0.2, -0.15) is 13.8 Å². The van der Waals surface area contributed by atoms with Gasteiger partial charge in [-0.1, -0.05) is 72.8 Å². The summed E-state index contributed by atoms with van der Waals surface area (Å²) in [5.41, 5.74) is 0.442. The number of alkyl halides is 2. The molecule has 3 N–H and O–H groups in total. The summed E-state index contributed by atoms with van der Waals surface area (Å²) < 4.78 is 40.5. The second kappa shape index (κ2) is 10.6. The van der Waals surface area contributed by atoms with Crippen LogP contribution in [-0.2, 0) is 10.3 Å². The molecule has 2 heterocycles. The first-order valence-electron chi connectivity index (χ1n) is 12.3. The molecule has 1 aliphatic heterocycles. The molecule has 0 radical (unpaired) electrons. The molecule has 39 heavy (non-hydrogen) atoms. The van der Waals surface area contributed by atoms with E-state index in [2.05, 4.69) is 10.3 Å². The van der Waals surface area contributed by atoms with Crippen molar-refractivity contribution in [1.82, 2.24) is 9.55 Å². The molecule has 5 rings (SSSR count). The van der Waals surface area contributed by atoms with Crippen molar-refractivity contribution in [2.45, 2.75) is 29.9 Å². The Labute approximate surface area is 223 Å². The van der Waals surface area contributed by atoms with Crippen LogP contribution in [-0.4, -0.2) is 51.6 Å².